The van der Waals surface area contributed by atoms with Gasteiger partial charge in [0.25, 0.3) is 31.7 Å². The first-order valence-corrected chi connectivity index (χ1v) is 14.0. The lowest BCUT2D eigenvalue weighted by molar-refractivity contribution is 0.102. The number of hydrogen-bond acceptors (Lipinski definition) is 8. The van der Waals surface area contributed by atoms with Crippen molar-refractivity contribution in [1.82, 2.24) is 9.78 Å². The second-order valence-electron chi connectivity index (χ2n) is 8.01. The molecule has 4 N–H and O–H groups in total. The normalized spacial score (nSPS) is 12.1. The fourth-order valence-corrected chi connectivity index (χ4v) is 4.53. The first kappa shape index (κ1) is 27.9. The number of amides is 1. The zero-order chi connectivity index (χ0) is 28.5. The van der Waals surface area contributed by atoms with Gasteiger partial charge in [0.15, 0.2) is 5.69 Å². The van der Waals surface area contributed by atoms with Crippen LogP contribution in [-0.2, 0) is 20.2 Å². The minimum atomic E-state index is -4.54. The van der Waals surface area contributed by atoms with Gasteiger partial charge >= 0.3 is 0 Å². The van der Waals surface area contributed by atoms with Gasteiger partial charge < -0.3 is 5.32 Å². The highest BCUT2D eigenvalue weighted by Gasteiger charge is 2.18. The molecule has 1 amide bonds. The average molecular weight is 592 g/mol. The van der Waals surface area contributed by atoms with Gasteiger partial charge in [-0.3, -0.25) is 23.8 Å². The van der Waals surface area contributed by atoms with E-state index in [-0.39, 0.29) is 26.9 Å². The molecule has 1 aromatic heterocycles. The number of rotatable bonds is 7. The van der Waals surface area contributed by atoms with Crippen LogP contribution in [0.15, 0.2) is 91.5 Å². The van der Waals surface area contributed by atoms with Crippen LogP contribution in [0.25, 0.3) is 5.69 Å². The number of aromatic amines is 1. The molecule has 3 aromatic carbocycles. The van der Waals surface area contributed by atoms with Crippen LogP contribution in [-0.4, -0.2) is 41.6 Å². The summed E-state index contributed by atoms with van der Waals surface area (Å²) < 4.78 is 64.5. The molecule has 0 aliphatic carbocycles. The van der Waals surface area contributed by atoms with Crippen molar-refractivity contribution in [3.63, 3.8) is 0 Å². The lowest BCUT2D eigenvalue weighted by atomic mass is 10.2. The standard InChI is InChI=1S/C23H18ClN5O8S2/c1-13-21(23(31)29(28-13)20-12-18(39(35,36)37)10-11-19(20)24)27-26-16-4-2-14(3-5-16)22(30)25-15-6-8-17(9-7-15)38(32,33)34/h2-12,28H,1H3,(H,25,30)(H,32,33,34)(H,35,36,37). The summed E-state index contributed by atoms with van der Waals surface area (Å²) in [5.41, 5.74) is 0.374. The Balaban J connectivity index is 1.52. The van der Waals surface area contributed by atoms with Gasteiger partial charge in [0.2, 0.25) is 0 Å². The molecule has 0 unspecified atom stereocenters. The van der Waals surface area contributed by atoms with E-state index in [2.05, 4.69) is 20.6 Å². The van der Waals surface area contributed by atoms with Crippen LogP contribution in [0.3, 0.4) is 0 Å². The van der Waals surface area contributed by atoms with Crippen LogP contribution in [0.4, 0.5) is 17.1 Å². The summed E-state index contributed by atoms with van der Waals surface area (Å²) in [5, 5.41) is 13.3. The number of H-pyrrole nitrogens is 1. The third-order valence-corrected chi connectivity index (χ3v) is 7.34. The second kappa shape index (κ2) is 10.5. The molecule has 0 bridgehead atoms. The van der Waals surface area contributed by atoms with Crippen LogP contribution in [0.2, 0.25) is 5.02 Å². The molecule has 0 saturated carbocycles. The van der Waals surface area contributed by atoms with Crippen LogP contribution >= 0.6 is 11.6 Å². The number of nitrogens with zero attached hydrogens (tertiary/aromatic N) is 3. The Morgan fingerprint density at radius 3 is 2.08 bits per heavy atom. The number of anilines is 1. The van der Waals surface area contributed by atoms with Gasteiger partial charge in [0, 0.05) is 11.3 Å². The largest absolute Gasteiger partial charge is 0.322 e. The molecule has 0 atom stereocenters. The van der Waals surface area contributed by atoms with Crippen molar-refractivity contribution in [2.45, 2.75) is 16.7 Å². The minimum Gasteiger partial charge on any atom is -0.322 e. The Hall–Kier alpha value is -4.15. The van der Waals surface area contributed by atoms with E-state index >= 15 is 0 Å². The van der Waals surface area contributed by atoms with Gasteiger partial charge in [0.1, 0.15) is 0 Å². The maximum atomic E-state index is 12.9. The summed E-state index contributed by atoms with van der Waals surface area (Å²) in [4.78, 5) is 24.6. The molecule has 4 aromatic rings. The number of aromatic nitrogens is 2. The van der Waals surface area contributed by atoms with Crippen molar-refractivity contribution in [3.05, 3.63) is 93.4 Å². The third kappa shape index (κ3) is 6.30. The summed E-state index contributed by atoms with van der Waals surface area (Å²) in [7, 11) is -8.89. The van der Waals surface area contributed by atoms with E-state index in [0.717, 1.165) is 28.9 Å². The number of benzene rings is 3. The maximum Gasteiger partial charge on any atom is 0.299 e. The number of halogens is 1. The van der Waals surface area contributed by atoms with E-state index in [9.17, 15) is 31.0 Å². The molecular formula is C23H18ClN5O8S2. The molecule has 0 radical (unpaired) electrons. The highest BCUT2D eigenvalue weighted by atomic mass is 35.5. The topological polar surface area (TPSA) is 200 Å². The molecule has 39 heavy (non-hydrogen) atoms. The highest BCUT2D eigenvalue weighted by Crippen LogP contribution is 2.25. The SMILES string of the molecule is Cc1[nH]n(-c2cc(S(=O)(=O)O)ccc2Cl)c(=O)c1N=Nc1ccc(C(=O)Nc2ccc(S(=O)(=O)O)cc2)cc1. The van der Waals surface area contributed by atoms with Crippen LogP contribution in [0.5, 0.6) is 0 Å². The highest BCUT2D eigenvalue weighted by molar-refractivity contribution is 7.86. The fourth-order valence-electron chi connectivity index (χ4n) is 3.35. The van der Waals surface area contributed by atoms with E-state index in [1.807, 2.05) is 0 Å². The summed E-state index contributed by atoms with van der Waals surface area (Å²) in [6, 6.07) is 14.1. The Bertz CT molecular complexity index is 1880. The predicted octanol–water partition coefficient (Wildman–Crippen LogP) is 4.29. The van der Waals surface area contributed by atoms with Crippen molar-refractivity contribution in [2.24, 2.45) is 10.2 Å². The van der Waals surface area contributed by atoms with E-state index in [4.69, 9.17) is 16.2 Å². The van der Waals surface area contributed by atoms with E-state index in [1.165, 1.54) is 42.5 Å². The summed E-state index contributed by atoms with van der Waals surface area (Å²) in [6.45, 7) is 1.54. The number of azo groups is 1. The Kier molecular flexibility index (Phi) is 7.54. The van der Waals surface area contributed by atoms with Gasteiger partial charge in [0.05, 0.1) is 31.9 Å². The van der Waals surface area contributed by atoms with Gasteiger partial charge in [-0.25, -0.2) is 4.68 Å². The van der Waals surface area contributed by atoms with Crippen molar-refractivity contribution >= 4 is 54.8 Å². The van der Waals surface area contributed by atoms with Crippen molar-refractivity contribution < 1.29 is 30.7 Å². The molecule has 0 fully saturated rings. The average Bonchev–Trinajstić information content (AvgIpc) is 3.15. The molecule has 202 valence electrons. The van der Waals surface area contributed by atoms with E-state index in [0.29, 0.717) is 17.1 Å². The van der Waals surface area contributed by atoms with Crippen LogP contribution < -0.4 is 10.9 Å². The van der Waals surface area contributed by atoms with Gasteiger partial charge in [-0.05, 0) is 73.7 Å². The number of aryl methyl sites for hydroxylation is 1. The first-order valence-electron chi connectivity index (χ1n) is 10.7. The molecule has 0 spiro atoms. The zero-order valence-electron chi connectivity index (χ0n) is 19.7. The summed E-state index contributed by atoms with van der Waals surface area (Å²) in [5.74, 6) is -0.494. The lowest BCUT2D eigenvalue weighted by Gasteiger charge is -2.06. The monoisotopic (exact) mass is 591 g/mol. The summed E-state index contributed by atoms with van der Waals surface area (Å²) in [6.07, 6.45) is 0. The molecule has 4 rings (SSSR count). The quantitative estimate of drug-likeness (QED) is 0.180. The molecule has 0 aliphatic rings. The van der Waals surface area contributed by atoms with Crippen molar-refractivity contribution in [2.75, 3.05) is 5.32 Å². The second-order valence-corrected chi connectivity index (χ2v) is 11.3. The van der Waals surface area contributed by atoms with Crippen molar-refractivity contribution in [3.8, 4) is 5.69 Å². The van der Waals surface area contributed by atoms with Gasteiger partial charge in [-0.1, -0.05) is 11.6 Å². The lowest BCUT2D eigenvalue weighted by Crippen LogP contribution is -2.15. The van der Waals surface area contributed by atoms with E-state index in [1.54, 1.807) is 6.92 Å². The third-order valence-electron chi connectivity index (χ3n) is 5.30. The molecule has 0 aliphatic heterocycles. The predicted molar refractivity (Wildman–Crippen MR) is 141 cm³/mol. The smallest absolute Gasteiger partial charge is 0.299 e. The van der Waals surface area contributed by atoms with Gasteiger partial charge in [-0.15, -0.1) is 5.11 Å². The first-order chi connectivity index (χ1) is 18.2. The number of hydrogen-bond donors (Lipinski definition) is 4. The Labute approximate surface area is 226 Å². The molecular weight excluding hydrogens is 574 g/mol. The number of carbonyl (C=O) groups is 1. The van der Waals surface area contributed by atoms with Gasteiger partial charge in [-0.2, -0.15) is 21.9 Å². The van der Waals surface area contributed by atoms with Crippen molar-refractivity contribution in [1.29, 1.82) is 0 Å². The zero-order valence-corrected chi connectivity index (χ0v) is 22.1. The molecule has 1 heterocycles. The molecule has 13 nitrogen and oxygen atoms in total. The molecule has 16 heteroatoms. The van der Waals surface area contributed by atoms with Crippen LogP contribution in [0, 0.1) is 6.92 Å². The fraction of sp³-hybridized carbons (Fsp3) is 0.0435. The van der Waals surface area contributed by atoms with E-state index < -0.39 is 36.6 Å². The minimum absolute atomic E-state index is 0.0238. The maximum absolute atomic E-state index is 12.9. The Morgan fingerprint density at radius 1 is 0.897 bits per heavy atom. The van der Waals surface area contributed by atoms with Crippen LogP contribution in [0.1, 0.15) is 16.1 Å². The Morgan fingerprint density at radius 2 is 1.49 bits per heavy atom. The number of carbonyl (C=O) groups excluding carboxylic acids is 1. The molecule has 0 saturated heterocycles. The summed E-state index contributed by atoms with van der Waals surface area (Å²) >= 11 is 6.13. The number of nitrogens with one attached hydrogen (secondary N) is 2.